The SMILES string of the molecule is CCOC(=O)C1=C(C)N=c2s/c(=C\c3c(OCc4ccccc4)ccc4ccccc34)c(=O)n2[C@@H]1c1ccccc1Cl. The maximum absolute atomic E-state index is 14.2. The minimum atomic E-state index is -0.780. The van der Waals surface area contributed by atoms with Gasteiger partial charge in [-0.3, -0.25) is 9.36 Å². The summed E-state index contributed by atoms with van der Waals surface area (Å²) in [6, 6.07) is 28.3. The lowest BCUT2D eigenvalue weighted by atomic mass is 9.96. The second-order valence-electron chi connectivity index (χ2n) is 9.80. The third kappa shape index (κ3) is 5.17. The smallest absolute Gasteiger partial charge is 0.338 e. The van der Waals surface area contributed by atoms with E-state index < -0.39 is 12.0 Å². The van der Waals surface area contributed by atoms with Gasteiger partial charge in [0.15, 0.2) is 4.80 Å². The summed E-state index contributed by atoms with van der Waals surface area (Å²) in [5.41, 5.74) is 2.97. The number of hydrogen-bond acceptors (Lipinski definition) is 6. The van der Waals surface area contributed by atoms with E-state index >= 15 is 0 Å². The van der Waals surface area contributed by atoms with Crippen LogP contribution >= 0.6 is 22.9 Å². The van der Waals surface area contributed by atoms with Crippen LogP contribution in [-0.2, 0) is 16.1 Å². The molecule has 8 heteroatoms. The van der Waals surface area contributed by atoms with Gasteiger partial charge >= 0.3 is 5.97 Å². The summed E-state index contributed by atoms with van der Waals surface area (Å²) in [5.74, 6) is 0.137. The van der Waals surface area contributed by atoms with Gasteiger partial charge in [-0.2, -0.15) is 0 Å². The van der Waals surface area contributed by atoms with Crippen molar-refractivity contribution in [3.05, 3.63) is 144 Å². The van der Waals surface area contributed by atoms with Crippen molar-refractivity contribution in [3.63, 3.8) is 0 Å². The predicted octanol–water partition coefficient (Wildman–Crippen LogP) is 6.18. The monoisotopic (exact) mass is 594 g/mol. The number of fused-ring (bicyclic) bond motifs is 2. The van der Waals surface area contributed by atoms with E-state index in [4.69, 9.17) is 21.1 Å². The highest BCUT2D eigenvalue weighted by Crippen LogP contribution is 2.35. The number of hydrogen-bond donors (Lipinski definition) is 0. The lowest BCUT2D eigenvalue weighted by molar-refractivity contribution is -0.139. The first-order valence-corrected chi connectivity index (χ1v) is 14.8. The van der Waals surface area contributed by atoms with Gasteiger partial charge in [-0.25, -0.2) is 9.79 Å². The van der Waals surface area contributed by atoms with Crippen LogP contribution in [0.15, 0.2) is 112 Å². The molecule has 0 saturated carbocycles. The Kier molecular flexibility index (Phi) is 7.78. The van der Waals surface area contributed by atoms with Gasteiger partial charge in [0.1, 0.15) is 18.4 Å². The maximum atomic E-state index is 14.2. The van der Waals surface area contributed by atoms with E-state index in [0.29, 0.717) is 43.5 Å². The van der Waals surface area contributed by atoms with Crippen molar-refractivity contribution in [2.24, 2.45) is 4.99 Å². The van der Waals surface area contributed by atoms with Gasteiger partial charge in [0.05, 0.1) is 22.4 Å². The van der Waals surface area contributed by atoms with Gasteiger partial charge in [-0.05, 0) is 54.0 Å². The number of benzene rings is 4. The Balaban J connectivity index is 1.55. The number of carbonyl (C=O) groups excluding carboxylic acids is 1. The normalized spacial score (nSPS) is 14.9. The van der Waals surface area contributed by atoms with E-state index in [2.05, 4.69) is 4.99 Å². The zero-order chi connectivity index (χ0) is 29.2. The van der Waals surface area contributed by atoms with Crippen LogP contribution in [0, 0.1) is 0 Å². The van der Waals surface area contributed by atoms with Crippen LogP contribution in [0.5, 0.6) is 5.75 Å². The Morgan fingerprint density at radius 2 is 1.74 bits per heavy atom. The van der Waals surface area contributed by atoms with E-state index in [9.17, 15) is 9.59 Å². The van der Waals surface area contributed by atoms with Crippen LogP contribution < -0.4 is 19.6 Å². The summed E-state index contributed by atoms with van der Waals surface area (Å²) >= 11 is 7.90. The molecular formula is C34H27ClN2O4S. The quantitative estimate of drug-likeness (QED) is 0.211. The third-order valence-corrected chi connectivity index (χ3v) is 8.49. The van der Waals surface area contributed by atoms with Crippen LogP contribution in [-0.4, -0.2) is 17.1 Å². The average molecular weight is 595 g/mol. The van der Waals surface area contributed by atoms with Crippen molar-refractivity contribution in [1.82, 2.24) is 4.57 Å². The molecule has 1 aliphatic rings. The summed E-state index contributed by atoms with van der Waals surface area (Å²) in [4.78, 5) is 32.5. The van der Waals surface area contributed by atoms with E-state index in [0.717, 1.165) is 21.9 Å². The number of carbonyl (C=O) groups is 1. The van der Waals surface area contributed by atoms with E-state index in [-0.39, 0.29) is 12.2 Å². The molecule has 6 nitrogen and oxygen atoms in total. The van der Waals surface area contributed by atoms with Crippen molar-refractivity contribution in [3.8, 4) is 5.75 Å². The van der Waals surface area contributed by atoms with Crippen molar-refractivity contribution in [2.45, 2.75) is 26.5 Å². The van der Waals surface area contributed by atoms with Crippen molar-refractivity contribution in [1.29, 1.82) is 0 Å². The predicted molar refractivity (Wildman–Crippen MR) is 167 cm³/mol. The number of rotatable bonds is 7. The van der Waals surface area contributed by atoms with Gasteiger partial charge < -0.3 is 9.47 Å². The van der Waals surface area contributed by atoms with E-state index in [1.807, 2.05) is 91.0 Å². The first-order valence-electron chi connectivity index (χ1n) is 13.6. The highest BCUT2D eigenvalue weighted by molar-refractivity contribution is 7.07. The molecule has 1 aromatic heterocycles. The molecule has 0 radical (unpaired) electrons. The number of ether oxygens (including phenoxy) is 2. The first kappa shape index (κ1) is 27.7. The maximum Gasteiger partial charge on any atom is 0.338 e. The summed E-state index contributed by atoms with van der Waals surface area (Å²) in [6.45, 7) is 4.08. The van der Waals surface area contributed by atoms with Crippen molar-refractivity contribution >= 4 is 45.8 Å². The summed E-state index contributed by atoms with van der Waals surface area (Å²) in [7, 11) is 0. The van der Waals surface area contributed by atoms with Crippen LogP contribution in [0.1, 0.15) is 36.6 Å². The summed E-state index contributed by atoms with van der Waals surface area (Å²) in [6.07, 6.45) is 1.86. The van der Waals surface area contributed by atoms with E-state index in [1.165, 1.54) is 11.3 Å². The molecule has 0 aliphatic carbocycles. The molecule has 210 valence electrons. The molecule has 42 heavy (non-hydrogen) atoms. The average Bonchev–Trinajstić information content (AvgIpc) is 3.31. The largest absolute Gasteiger partial charge is 0.488 e. The molecule has 0 amide bonds. The molecule has 0 bridgehead atoms. The minimum absolute atomic E-state index is 0.197. The highest BCUT2D eigenvalue weighted by atomic mass is 35.5. The Bertz CT molecular complexity index is 2030. The zero-order valence-corrected chi connectivity index (χ0v) is 24.6. The molecule has 0 saturated heterocycles. The second-order valence-corrected chi connectivity index (χ2v) is 11.2. The van der Waals surface area contributed by atoms with Gasteiger partial charge in [-0.15, -0.1) is 0 Å². The van der Waals surface area contributed by atoms with Gasteiger partial charge in [0, 0.05) is 10.6 Å². The third-order valence-electron chi connectivity index (χ3n) is 7.16. The molecule has 2 heterocycles. The van der Waals surface area contributed by atoms with Crippen molar-refractivity contribution < 1.29 is 14.3 Å². The zero-order valence-electron chi connectivity index (χ0n) is 23.0. The lowest BCUT2D eigenvalue weighted by Crippen LogP contribution is -2.40. The van der Waals surface area contributed by atoms with Gasteiger partial charge in [0.2, 0.25) is 0 Å². The number of aromatic nitrogens is 1. The van der Waals surface area contributed by atoms with Crippen LogP contribution in [0.25, 0.3) is 16.8 Å². The first-order chi connectivity index (χ1) is 20.5. The fourth-order valence-corrected chi connectivity index (χ4v) is 6.47. The number of allylic oxidation sites excluding steroid dienone is 1. The van der Waals surface area contributed by atoms with Crippen LogP contribution in [0.3, 0.4) is 0 Å². The Labute approximate surface area is 251 Å². The number of thiazole rings is 1. The molecule has 0 spiro atoms. The Morgan fingerprint density at radius 1 is 1.00 bits per heavy atom. The molecule has 6 rings (SSSR count). The molecular weight excluding hydrogens is 568 g/mol. The molecule has 0 unspecified atom stereocenters. The number of esters is 1. The minimum Gasteiger partial charge on any atom is -0.488 e. The molecule has 4 aromatic carbocycles. The number of nitrogens with zero attached hydrogens (tertiary/aromatic N) is 2. The molecule has 1 atom stereocenters. The number of halogens is 1. The molecule has 1 aliphatic heterocycles. The summed E-state index contributed by atoms with van der Waals surface area (Å²) < 4.78 is 13.7. The topological polar surface area (TPSA) is 69.9 Å². The molecule has 0 N–H and O–H groups in total. The summed E-state index contributed by atoms with van der Waals surface area (Å²) in [5, 5.41) is 2.43. The second kappa shape index (κ2) is 11.8. The van der Waals surface area contributed by atoms with Crippen LogP contribution in [0.4, 0.5) is 0 Å². The fourth-order valence-electron chi connectivity index (χ4n) is 5.20. The Morgan fingerprint density at radius 3 is 2.52 bits per heavy atom. The lowest BCUT2D eigenvalue weighted by Gasteiger charge is -2.25. The highest BCUT2D eigenvalue weighted by Gasteiger charge is 2.34. The molecule has 0 fully saturated rings. The Hall–Kier alpha value is -4.46. The molecule has 5 aromatic rings. The van der Waals surface area contributed by atoms with Gasteiger partial charge in [-0.1, -0.05) is 102 Å². The van der Waals surface area contributed by atoms with E-state index in [1.54, 1.807) is 24.5 Å². The van der Waals surface area contributed by atoms with Gasteiger partial charge in [0.25, 0.3) is 5.56 Å². The fraction of sp³-hybridized carbons (Fsp3) is 0.147. The standard InChI is InChI=1S/C34H27ClN2O4S/c1-3-40-33(39)30-21(2)36-34-37(31(30)25-15-9-10-16-27(25)35)32(38)29(42-34)19-26-24-14-8-7-13-23(24)17-18-28(26)41-20-22-11-5-4-6-12-22/h4-19,31H,3,20H2,1-2H3/b29-19-/t31-/m1/s1. The van der Waals surface area contributed by atoms with Crippen LogP contribution in [0.2, 0.25) is 5.02 Å². The van der Waals surface area contributed by atoms with Crippen molar-refractivity contribution in [2.75, 3.05) is 6.61 Å².